The number of rotatable bonds is 4. The molecule has 166 valence electrons. The zero-order valence-corrected chi connectivity index (χ0v) is 18.5. The molecule has 5 rings (SSSR count). The van der Waals surface area contributed by atoms with E-state index in [2.05, 4.69) is 29.6 Å². The molecular formula is C24H37N3O3. The molecule has 8 atom stereocenters. The zero-order chi connectivity index (χ0) is 20.9. The molecule has 0 aromatic rings. The second kappa shape index (κ2) is 7.61. The van der Waals surface area contributed by atoms with Gasteiger partial charge in [0.25, 0.3) is 0 Å². The number of nitrogens with zero attached hydrogens (tertiary/aromatic N) is 1. The summed E-state index contributed by atoms with van der Waals surface area (Å²) in [5.41, 5.74) is 1.30. The maximum absolute atomic E-state index is 12.7. The molecule has 0 aromatic carbocycles. The van der Waals surface area contributed by atoms with E-state index in [-0.39, 0.29) is 23.0 Å². The Balaban J connectivity index is 1.38. The molecule has 0 bridgehead atoms. The molecule has 5 fully saturated rings. The van der Waals surface area contributed by atoms with Gasteiger partial charge in [-0.15, -0.1) is 0 Å². The molecule has 5 aliphatic rings. The second-order valence-electron chi connectivity index (χ2n) is 11.1. The summed E-state index contributed by atoms with van der Waals surface area (Å²) in [5.74, 6) is 2.42. The lowest BCUT2D eigenvalue weighted by Gasteiger charge is -2.61. The summed E-state index contributed by atoms with van der Waals surface area (Å²) in [4.78, 5) is 30.1. The smallest absolute Gasteiger partial charge is 0.207 e. The Morgan fingerprint density at radius 3 is 2.80 bits per heavy atom. The minimum Gasteiger partial charge on any atom is -0.391 e. The molecule has 30 heavy (non-hydrogen) atoms. The molecule has 1 saturated heterocycles. The molecule has 4 saturated carbocycles. The van der Waals surface area contributed by atoms with Gasteiger partial charge < -0.3 is 15.5 Å². The average Bonchev–Trinajstić information content (AvgIpc) is 3.35. The topological polar surface area (TPSA) is 79.8 Å². The number of nitrogens with one attached hydrogen (secondary N) is 2. The van der Waals surface area contributed by atoms with E-state index in [0.717, 1.165) is 77.3 Å². The van der Waals surface area contributed by atoms with Crippen LogP contribution in [-0.4, -0.2) is 43.1 Å². The van der Waals surface area contributed by atoms with E-state index in [1.165, 1.54) is 5.71 Å². The Bertz CT molecular complexity index is 733. The predicted molar refractivity (Wildman–Crippen MR) is 115 cm³/mol. The quantitative estimate of drug-likeness (QED) is 0.546. The van der Waals surface area contributed by atoms with Gasteiger partial charge in [0.1, 0.15) is 11.9 Å². The van der Waals surface area contributed by atoms with Gasteiger partial charge in [0.05, 0.1) is 5.71 Å². The Kier molecular flexibility index (Phi) is 5.19. The zero-order valence-electron chi connectivity index (χ0n) is 18.5. The van der Waals surface area contributed by atoms with Crippen LogP contribution in [0.25, 0.3) is 0 Å². The Morgan fingerprint density at radius 2 is 2.03 bits per heavy atom. The highest BCUT2D eigenvalue weighted by Crippen LogP contribution is 2.65. The molecule has 2 N–H and O–H groups in total. The highest BCUT2D eigenvalue weighted by Gasteiger charge is 2.62. The van der Waals surface area contributed by atoms with Crippen LogP contribution >= 0.6 is 0 Å². The first kappa shape index (κ1) is 20.5. The van der Waals surface area contributed by atoms with E-state index in [0.29, 0.717) is 29.5 Å². The number of amides is 1. The van der Waals surface area contributed by atoms with E-state index in [1.807, 2.05) is 0 Å². The molecule has 6 nitrogen and oxygen atoms in total. The van der Waals surface area contributed by atoms with E-state index in [4.69, 9.17) is 4.84 Å². The lowest BCUT2D eigenvalue weighted by Crippen LogP contribution is -2.61. The normalized spacial score (nSPS) is 49.3. The standard InChI is InChI=1S/C24H37N3O3/c1-23-8-5-16(27-30-17-7-10-25-13-17)11-15(23)12-20(26-14-28)22-18-3-4-21(29)24(18,2)9-6-19(22)23/h14-15,17-20,22,25H,3-13H2,1-2H3,(H,26,28)/t15?,17-,18+,19-,20?,22+,23+,24+/m1/s1. The van der Waals surface area contributed by atoms with Crippen molar-refractivity contribution >= 4 is 17.9 Å². The number of hydrogen-bond acceptors (Lipinski definition) is 5. The maximum Gasteiger partial charge on any atom is 0.207 e. The minimum absolute atomic E-state index is 0.169. The highest BCUT2D eigenvalue weighted by atomic mass is 16.6. The maximum atomic E-state index is 12.7. The first-order valence-corrected chi connectivity index (χ1v) is 12.1. The summed E-state index contributed by atoms with van der Waals surface area (Å²) < 4.78 is 0. The monoisotopic (exact) mass is 415 g/mol. The highest BCUT2D eigenvalue weighted by molar-refractivity contribution is 5.87. The van der Waals surface area contributed by atoms with Crippen molar-refractivity contribution < 1.29 is 14.4 Å². The third-order valence-electron chi connectivity index (χ3n) is 9.89. The molecule has 0 aromatic heterocycles. The van der Waals surface area contributed by atoms with Crippen LogP contribution in [0.2, 0.25) is 0 Å². The third kappa shape index (κ3) is 3.12. The van der Waals surface area contributed by atoms with Gasteiger partial charge >= 0.3 is 0 Å². The van der Waals surface area contributed by atoms with Gasteiger partial charge in [-0.1, -0.05) is 19.0 Å². The summed E-state index contributed by atoms with van der Waals surface area (Å²) in [7, 11) is 0. The van der Waals surface area contributed by atoms with Crippen LogP contribution in [0.3, 0.4) is 0 Å². The van der Waals surface area contributed by atoms with Crippen LogP contribution in [0.4, 0.5) is 0 Å². The number of oxime groups is 1. The van der Waals surface area contributed by atoms with E-state index >= 15 is 0 Å². The van der Waals surface area contributed by atoms with Crippen LogP contribution in [-0.2, 0) is 14.4 Å². The van der Waals surface area contributed by atoms with E-state index in [9.17, 15) is 9.59 Å². The van der Waals surface area contributed by atoms with Crippen LogP contribution in [0.15, 0.2) is 5.16 Å². The van der Waals surface area contributed by atoms with Gasteiger partial charge in [-0.25, -0.2) is 0 Å². The number of carbonyl (C=O) groups is 2. The van der Waals surface area contributed by atoms with Crippen molar-refractivity contribution in [1.29, 1.82) is 0 Å². The van der Waals surface area contributed by atoms with Crippen molar-refractivity contribution in [2.75, 3.05) is 13.1 Å². The van der Waals surface area contributed by atoms with Gasteiger partial charge in [0.2, 0.25) is 6.41 Å². The van der Waals surface area contributed by atoms with Crippen molar-refractivity contribution in [3.8, 4) is 0 Å². The first-order chi connectivity index (χ1) is 14.5. The number of Topliss-reactive ketones (excluding diaryl/α,β-unsaturated/α-hetero) is 1. The van der Waals surface area contributed by atoms with Crippen LogP contribution in [0.5, 0.6) is 0 Å². The van der Waals surface area contributed by atoms with Gasteiger partial charge in [-0.05, 0) is 80.6 Å². The van der Waals surface area contributed by atoms with E-state index < -0.39 is 0 Å². The van der Waals surface area contributed by atoms with Crippen molar-refractivity contribution in [3.05, 3.63) is 0 Å². The molecular weight excluding hydrogens is 378 g/mol. The van der Waals surface area contributed by atoms with Crippen molar-refractivity contribution in [1.82, 2.24) is 10.6 Å². The predicted octanol–water partition coefficient (Wildman–Crippen LogP) is 3.06. The second-order valence-corrected chi connectivity index (χ2v) is 11.1. The van der Waals surface area contributed by atoms with Crippen molar-refractivity contribution in [2.24, 2.45) is 39.7 Å². The molecule has 4 aliphatic carbocycles. The SMILES string of the molecule is C[C@]12CCC(=NO[C@@H]3CCNC3)CC1CC(NC=O)[C@@H]1[C@H]2CC[C@]2(C)C(=O)CC[C@@H]12. The summed E-state index contributed by atoms with van der Waals surface area (Å²) >= 11 is 0. The molecule has 6 heteroatoms. The lowest BCUT2D eigenvalue weighted by atomic mass is 9.44. The molecule has 2 unspecified atom stereocenters. The average molecular weight is 416 g/mol. The summed E-state index contributed by atoms with van der Waals surface area (Å²) in [6.45, 7) is 6.60. The van der Waals surface area contributed by atoms with Gasteiger partial charge in [-0.2, -0.15) is 0 Å². The molecule has 0 spiro atoms. The van der Waals surface area contributed by atoms with Crippen molar-refractivity contribution in [2.45, 2.75) is 83.8 Å². The lowest BCUT2D eigenvalue weighted by molar-refractivity contribution is -0.141. The van der Waals surface area contributed by atoms with Crippen LogP contribution < -0.4 is 10.6 Å². The van der Waals surface area contributed by atoms with Gasteiger partial charge in [-0.3, -0.25) is 9.59 Å². The Morgan fingerprint density at radius 1 is 1.17 bits per heavy atom. The molecule has 1 heterocycles. The fourth-order valence-electron chi connectivity index (χ4n) is 8.06. The first-order valence-electron chi connectivity index (χ1n) is 12.1. The van der Waals surface area contributed by atoms with Crippen molar-refractivity contribution in [3.63, 3.8) is 0 Å². The summed E-state index contributed by atoms with van der Waals surface area (Å²) in [5, 5.41) is 11.1. The minimum atomic E-state index is -0.169. The number of fused-ring (bicyclic) bond motifs is 5. The third-order valence-corrected chi connectivity index (χ3v) is 9.89. The number of hydrogen-bond donors (Lipinski definition) is 2. The molecule has 1 aliphatic heterocycles. The molecule has 1 amide bonds. The van der Waals surface area contributed by atoms with E-state index in [1.54, 1.807) is 0 Å². The Hall–Kier alpha value is -1.43. The van der Waals surface area contributed by atoms with Crippen LogP contribution in [0.1, 0.15) is 71.6 Å². The van der Waals surface area contributed by atoms with Gasteiger partial charge in [0.15, 0.2) is 0 Å². The summed E-state index contributed by atoms with van der Waals surface area (Å²) in [6.07, 6.45) is 10.1. The fraction of sp³-hybridized carbons (Fsp3) is 0.875. The summed E-state index contributed by atoms with van der Waals surface area (Å²) in [6, 6.07) is 0.181. The number of carbonyl (C=O) groups excluding carboxylic acids is 2. The van der Waals surface area contributed by atoms with Gasteiger partial charge in [0, 0.05) is 30.8 Å². The fourth-order valence-corrected chi connectivity index (χ4v) is 8.06. The molecule has 0 radical (unpaired) electrons. The largest absolute Gasteiger partial charge is 0.391 e. The van der Waals surface area contributed by atoms with Crippen LogP contribution in [0, 0.1) is 34.5 Å². The number of ketones is 1. The Labute approximate surface area is 179 Å².